The summed E-state index contributed by atoms with van der Waals surface area (Å²) in [7, 11) is 0. The van der Waals surface area contributed by atoms with Gasteiger partial charge in [-0.05, 0) is 43.6 Å². The topological polar surface area (TPSA) is 15.3 Å². The van der Waals surface area contributed by atoms with Gasteiger partial charge in [-0.3, -0.25) is 4.90 Å². The largest absolute Gasteiger partial charge is 0.317 e. The van der Waals surface area contributed by atoms with Crippen molar-refractivity contribution in [3.8, 4) is 0 Å². The van der Waals surface area contributed by atoms with E-state index in [0.717, 1.165) is 32.7 Å². The smallest absolute Gasteiger partial charge is 0.0237 e. The first-order valence-corrected chi connectivity index (χ1v) is 8.39. The molecule has 0 aliphatic rings. The Morgan fingerprint density at radius 1 is 0.773 bits per heavy atom. The highest BCUT2D eigenvalue weighted by Crippen LogP contribution is 2.11. The van der Waals surface area contributed by atoms with Gasteiger partial charge in [-0.1, -0.05) is 67.6 Å². The van der Waals surface area contributed by atoms with E-state index in [9.17, 15) is 0 Å². The highest BCUT2D eigenvalue weighted by Gasteiger charge is 2.06. The Balaban J connectivity index is 1.88. The molecule has 2 aromatic rings. The maximum atomic E-state index is 3.40. The zero-order valence-electron chi connectivity index (χ0n) is 13.7. The maximum absolute atomic E-state index is 3.40. The van der Waals surface area contributed by atoms with E-state index in [1.54, 1.807) is 0 Å². The fourth-order valence-corrected chi connectivity index (χ4v) is 2.66. The number of benzene rings is 2. The fourth-order valence-electron chi connectivity index (χ4n) is 2.66. The van der Waals surface area contributed by atoms with E-state index < -0.39 is 0 Å². The fraction of sp³-hybridized carbons (Fsp3) is 0.400. The lowest BCUT2D eigenvalue weighted by Gasteiger charge is -2.22. The molecule has 0 radical (unpaired) electrons. The molecule has 2 heteroatoms. The third kappa shape index (κ3) is 6.42. The van der Waals surface area contributed by atoms with Crippen LogP contribution in [0.15, 0.2) is 60.7 Å². The monoisotopic (exact) mass is 296 g/mol. The van der Waals surface area contributed by atoms with Gasteiger partial charge in [0.2, 0.25) is 0 Å². The molecule has 118 valence electrons. The maximum Gasteiger partial charge on any atom is 0.0237 e. The number of hydrogen-bond donors (Lipinski definition) is 1. The van der Waals surface area contributed by atoms with Gasteiger partial charge in [-0.25, -0.2) is 0 Å². The number of rotatable bonds is 10. The Hall–Kier alpha value is -1.64. The van der Waals surface area contributed by atoms with Crippen LogP contribution in [0, 0.1) is 0 Å². The van der Waals surface area contributed by atoms with Gasteiger partial charge >= 0.3 is 0 Å². The van der Waals surface area contributed by atoms with Crippen molar-refractivity contribution in [1.29, 1.82) is 0 Å². The number of nitrogens with zero attached hydrogens (tertiary/aromatic N) is 1. The van der Waals surface area contributed by atoms with E-state index in [1.807, 2.05) is 0 Å². The quantitative estimate of drug-likeness (QED) is 0.665. The van der Waals surface area contributed by atoms with E-state index in [-0.39, 0.29) is 0 Å². The molecule has 22 heavy (non-hydrogen) atoms. The molecule has 0 aliphatic heterocycles. The standard InChI is InChI=1S/C20H28N2/c1-2-21-15-9-10-16-22(17-19-11-5-3-6-12-19)18-20-13-7-4-8-14-20/h3-8,11-14,21H,2,9-10,15-18H2,1H3. The second-order valence-corrected chi connectivity index (χ2v) is 5.74. The van der Waals surface area contributed by atoms with Crippen LogP contribution in [0.2, 0.25) is 0 Å². The van der Waals surface area contributed by atoms with Crippen molar-refractivity contribution in [2.45, 2.75) is 32.9 Å². The van der Waals surface area contributed by atoms with Crippen LogP contribution in [-0.4, -0.2) is 24.5 Å². The van der Waals surface area contributed by atoms with Gasteiger partial charge in [0.15, 0.2) is 0 Å². The molecular weight excluding hydrogens is 268 g/mol. The van der Waals surface area contributed by atoms with Crippen LogP contribution in [0.25, 0.3) is 0 Å². The second-order valence-electron chi connectivity index (χ2n) is 5.74. The summed E-state index contributed by atoms with van der Waals surface area (Å²) in [6, 6.07) is 21.5. The molecule has 2 aromatic carbocycles. The molecule has 0 bridgehead atoms. The Bertz CT molecular complexity index is 454. The van der Waals surface area contributed by atoms with E-state index >= 15 is 0 Å². The Morgan fingerprint density at radius 2 is 1.32 bits per heavy atom. The van der Waals surface area contributed by atoms with E-state index in [1.165, 1.54) is 24.0 Å². The Morgan fingerprint density at radius 3 is 1.82 bits per heavy atom. The van der Waals surface area contributed by atoms with Gasteiger partial charge in [-0.15, -0.1) is 0 Å². The van der Waals surface area contributed by atoms with Gasteiger partial charge in [0, 0.05) is 13.1 Å². The van der Waals surface area contributed by atoms with Crippen LogP contribution < -0.4 is 5.32 Å². The lowest BCUT2D eigenvalue weighted by molar-refractivity contribution is 0.251. The summed E-state index contributed by atoms with van der Waals surface area (Å²) in [6.07, 6.45) is 2.49. The molecule has 0 saturated carbocycles. The second kappa shape index (κ2) is 10.1. The molecule has 0 saturated heterocycles. The molecule has 0 fully saturated rings. The summed E-state index contributed by atoms with van der Waals surface area (Å²) in [5, 5.41) is 3.40. The molecular formula is C20H28N2. The van der Waals surface area contributed by atoms with E-state index in [2.05, 4.69) is 77.8 Å². The summed E-state index contributed by atoms with van der Waals surface area (Å²) in [4.78, 5) is 2.55. The summed E-state index contributed by atoms with van der Waals surface area (Å²) in [5.74, 6) is 0. The summed E-state index contributed by atoms with van der Waals surface area (Å²) in [5.41, 5.74) is 2.79. The molecule has 0 aromatic heterocycles. The van der Waals surface area contributed by atoms with Gasteiger partial charge in [0.05, 0.1) is 0 Å². The van der Waals surface area contributed by atoms with Gasteiger partial charge in [-0.2, -0.15) is 0 Å². The average Bonchev–Trinajstić information content (AvgIpc) is 2.56. The van der Waals surface area contributed by atoms with Crippen molar-refractivity contribution in [2.24, 2.45) is 0 Å². The van der Waals surface area contributed by atoms with Gasteiger partial charge in [0.25, 0.3) is 0 Å². The molecule has 0 aliphatic carbocycles. The van der Waals surface area contributed by atoms with Gasteiger partial charge < -0.3 is 5.32 Å². The zero-order valence-corrected chi connectivity index (χ0v) is 13.7. The molecule has 0 unspecified atom stereocenters. The van der Waals surface area contributed by atoms with Gasteiger partial charge in [0.1, 0.15) is 0 Å². The van der Waals surface area contributed by atoms with Crippen molar-refractivity contribution >= 4 is 0 Å². The number of unbranched alkanes of at least 4 members (excludes halogenated alkanes) is 1. The zero-order chi connectivity index (χ0) is 15.5. The van der Waals surface area contributed by atoms with Crippen molar-refractivity contribution in [3.05, 3.63) is 71.8 Å². The molecule has 0 amide bonds. The average molecular weight is 296 g/mol. The molecule has 2 rings (SSSR count). The SMILES string of the molecule is CCNCCCCN(Cc1ccccc1)Cc1ccccc1. The molecule has 0 spiro atoms. The van der Waals surface area contributed by atoms with Crippen molar-refractivity contribution in [1.82, 2.24) is 10.2 Å². The highest BCUT2D eigenvalue weighted by atomic mass is 15.1. The Kier molecular flexibility index (Phi) is 7.71. The molecule has 1 N–H and O–H groups in total. The highest BCUT2D eigenvalue weighted by molar-refractivity contribution is 5.17. The van der Waals surface area contributed by atoms with Crippen LogP contribution >= 0.6 is 0 Å². The van der Waals surface area contributed by atoms with Crippen LogP contribution in [0.1, 0.15) is 30.9 Å². The first-order chi connectivity index (χ1) is 10.9. The minimum absolute atomic E-state index is 1.02. The minimum atomic E-state index is 1.02. The van der Waals surface area contributed by atoms with Crippen LogP contribution in [0.3, 0.4) is 0 Å². The predicted octanol–water partition coefficient (Wildman–Crippen LogP) is 4.08. The van der Waals surface area contributed by atoms with Crippen molar-refractivity contribution < 1.29 is 0 Å². The first-order valence-electron chi connectivity index (χ1n) is 8.39. The third-order valence-corrected chi connectivity index (χ3v) is 3.83. The van der Waals surface area contributed by atoms with Crippen molar-refractivity contribution in [3.63, 3.8) is 0 Å². The normalized spacial score (nSPS) is 11.0. The van der Waals surface area contributed by atoms with Crippen LogP contribution in [0.5, 0.6) is 0 Å². The minimum Gasteiger partial charge on any atom is -0.317 e. The first kappa shape index (κ1) is 16.7. The molecule has 0 heterocycles. The third-order valence-electron chi connectivity index (χ3n) is 3.83. The molecule has 2 nitrogen and oxygen atoms in total. The number of nitrogens with one attached hydrogen (secondary N) is 1. The summed E-state index contributed by atoms with van der Waals surface area (Å²) < 4.78 is 0. The Labute approximate surface area is 135 Å². The summed E-state index contributed by atoms with van der Waals surface area (Å²) >= 11 is 0. The lowest BCUT2D eigenvalue weighted by Crippen LogP contribution is -2.25. The molecule has 0 atom stereocenters. The lowest BCUT2D eigenvalue weighted by atomic mass is 10.1. The predicted molar refractivity (Wildman–Crippen MR) is 94.8 cm³/mol. The van der Waals surface area contributed by atoms with Crippen LogP contribution in [-0.2, 0) is 13.1 Å². The van der Waals surface area contributed by atoms with Crippen molar-refractivity contribution in [2.75, 3.05) is 19.6 Å². The van der Waals surface area contributed by atoms with E-state index in [4.69, 9.17) is 0 Å². The van der Waals surface area contributed by atoms with E-state index in [0.29, 0.717) is 0 Å². The van der Waals surface area contributed by atoms with Crippen LogP contribution in [0.4, 0.5) is 0 Å². The number of hydrogen-bond acceptors (Lipinski definition) is 2. The summed E-state index contributed by atoms with van der Waals surface area (Å²) in [6.45, 7) is 7.55.